The van der Waals surface area contributed by atoms with Gasteiger partial charge in [0.05, 0.1) is 18.2 Å². The van der Waals surface area contributed by atoms with Crippen LogP contribution in [0.2, 0.25) is 0 Å². The minimum Gasteiger partial charge on any atom is -0.500 e. The zero-order valence-electron chi connectivity index (χ0n) is 21.6. The van der Waals surface area contributed by atoms with Gasteiger partial charge in [-0.1, -0.05) is 44.6 Å². The number of hydrogen-bond donors (Lipinski definition) is 1. The van der Waals surface area contributed by atoms with Gasteiger partial charge in [-0.15, -0.1) is 0 Å². The second kappa shape index (κ2) is 9.81. The highest BCUT2D eigenvalue weighted by Crippen LogP contribution is 2.33. The zero-order chi connectivity index (χ0) is 24.5. The van der Waals surface area contributed by atoms with Gasteiger partial charge in [0.2, 0.25) is 0 Å². The highest BCUT2D eigenvalue weighted by Gasteiger charge is 2.29. The van der Waals surface area contributed by atoms with E-state index in [0.29, 0.717) is 11.6 Å². The maximum absolute atomic E-state index is 13.2. The van der Waals surface area contributed by atoms with Crippen molar-refractivity contribution in [3.63, 3.8) is 0 Å². The Bertz CT molecular complexity index is 1120. The Labute approximate surface area is 204 Å². The molecule has 1 amide bonds. The monoisotopic (exact) mass is 461 g/mol. The molecule has 5 nitrogen and oxygen atoms in total. The van der Waals surface area contributed by atoms with Crippen LogP contribution < -0.4 is 5.32 Å². The van der Waals surface area contributed by atoms with Gasteiger partial charge in [0, 0.05) is 47.7 Å². The number of amides is 1. The van der Waals surface area contributed by atoms with Crippen molar-refractivity contribution in [1.82, 2.24) is 9.88 Å². The van der Waals surface area contributed by atoms with Crippen molar-refractivity contribution < 1.29 is 9.53 Å². The minimum absolute atomic E-state index is 0.0143. The van der Waals surface area contributed by atoms with E-state index in [4.69, 9.17) is 9.72 Å². The Balaban J connectivity index is 1.47. The number of nitrogens with zero attached hydrogens (tertiary/aromatic N) is 2. The van der Waals surface area contributed by atoms with Crippen LogP contribution in [-0.4, -0.2) is 42.0 Å². The van der Waals surface area contributed by atoms with Crippen LogP contribution in [-0.2, 0) is 14.9 Å². The Morgan fingerprint density at radius 3 is 2.56 bits per heavy atom. The van der Waals surface area contributed by atoms with Gasteiger partial charge >= 0.3 is 0 Å². The average molecular weight is 462 g/mol. The topological polar surface area (TPSA) is 54.5 Å². The van der Waals surface area contributed by atoms with Crippen LogP contribution in [0.4, 0.5) is 5.69 Å². The molecule has 2 aliphatic rings. The summed E-state index contributed by atoms with van der Waals surface area (Å²) in [6.45, 7) is 8.76. The number of benzene rings is 1. The predicted molar refractivity (Wildman–Crippen MR) is 140 cm³/mol. The van der Waals surface area contributed by atoms with Crippen LogP contribution in [0.3, 0.4) is 0 Å². The lowest BCUT2D eigenvalue weighted by Crippen LogP contribution is -2.42. The van der Waals surface area contributed by atoms with Gasteiger partial charge in [-0.2, -0.15) is 0 Å². The molecular formula is C29H39N3O2. The number of ether oxygens (including phenoxy) is 1. The third-order valence-corrected chi connectivity index (χ3v) is 7.26. The minimum atomic E-state index is -0.0143. The molecule has 2 aromatic rings. The van der Waals surface area contributed by atoms with Crippen LogP contribution in [0.25, 0.3) is 10.9 Å². The van der Waals surface area contributed by atoms with Crippen molar-refractivity contribution >= 4 is 22.5 Å². The fourth-order valence-electron chi connectivity index (χ4n) is 5.07. The standard InChI is InChI=1S/C29H39N3O2/c1-19-11-16-24-23(17-19)25(18-27(31-24)29(2,3)4)30-20-12-14-21(15-13-20)32(5)28(33)22-9-7-8-10-26(22)34-6/h7,9,11,16-18,20-21H,8,10,12-15H2,1-6H3,(H,30,31). The third kappa shape index (κ3) is 5.13. The van der Waals surface area contributed by atoms with Crippen molar-refractivity contribution in [2.24, 2.45) is 0 Å². The Kier molecular flexibility index (Phi) is 7.01. The van der Waals surface area contributed by atoms with E-state index in [2.05, 4.69) is 63.4 Å². The van der Waals surface area contributed by atoms with Gasteiger partial charge in [-0.05, 0) is 57.2 Å². The largest absolute Gasteiger partial charge is 0.500 e. The maximum Gasteiger partial charge on any atom is 0.257 e. The van der Waals surface area contributed by atoms with Crippen LogP contribution in [0.1, 0.15) is 70.6 Å². The summed E-state index contributed by atoms with van der Waals surface area (Å²) in [5, 5.41) is 5.03. The molecule has 2 aliphatic carbocycles. The number of rotatable bonds is 5. The Morgan fingerprint density at radius 1 is 1.15 bits per heavy atom. The maximum atomic E-state index is 13.2. The molecule has 34 heavy (non-hydrogen) atoms. The van der Waals surface area contributed by atoms with Crippen LogP contribution in [0.5, 0.6) is 0 Å². The lowest BCUT2D eigenvalue weighted by molar-refractivity contribution is -0.128. The van der Waals surface area contributed by atoms with Gasteiger partial charge in [0.25, 0.3) is 5.91 Å². The number of allylic oxidation sites excluding steroid dienone is 2. The van der Waals surface area contributed by atoms with E-state index in [1.54, 1.807) is 7.11 Å². The van der Waals surface area contributed by atoms with Crippen molar-refractivity contribution in [2.75, 3.05) is 19.5 Å². The molecule has 1 aromatic carbocycles. The number of fused-ring (bicyclic) bond motifs is 1. The number of pyridine rings is 1. The molecule has 0 saturated heterocycles. The zero-order valence-corrected chi connectivity index (χ0v) is 21.6. The summed E-state index contributed by atoms with van der Waals surface area (Å²) in [6, 6.07) is 9.38. The van der Waals surface area contributed by atoms with E-state index in [-0.39, 0.29) is 17.4 Å². The molecule has 182 valence electrons. The first kappa shape index (κ1) is 24.3. The smallest absolute Gasteiger partial charge is 0.257 e. The Hall–Kier alpha value is -2.82. The number of aromatic nitrogens is 1. The summed E-state index contributed by atoms with van der Waals surface area (Å²) in [7, 11) is 3.60. The summed E-state index contributed by atoms with van der Waals surface area (Å²) in [5.74, 6) is 0.888. The van der Waals surface area contributed by atoms with Crippen molar-refractivity contribution in [3.05, 3.63) is 59.0 Å². The van der Waals surface area contributed by atoms with Crippen molar-refractivity contribution in [1.29, 1.82) is 0 Å². The molecule has 4 rings (SSSR count). The van der Waals surface area contributed by atoms with Crippen LogP contribution >= 0.6 is 0 Å². The molecule has 0 atom stereocenters. The number of aryl methyl sites for hydroxylation is 1. The van der Waals surface area contributed by atoms with Gasteiger partial charge in [-0.3, -0.25) is 9.78 Å². The predicted octanol–water partition coefficient (Wildman–Crippen LogP) is 6.27. The van der Waals surface area contributed by atoms with E-state index in [9.17, 15) is 4.79 Å². The van der Waals surface area contributed by atoms with Gasteiger partial charge in [0.15, 0.2) is 0 Å². The summed E-state index contributed by atoms with van der Waals surface area (Å²) < 4.78 is 5.49. The van der Waals surface area contributed by atoms with Crippen molar-refractivity contribution in [2.45, 2.75) is 83.7 Å². The van der Waals surface area contributed by atoms with Crippen molar-refractivity contribution in [3.8, 4) is 0 Å². The lowest BCUT2D eigenvalue weighted by atomic mass is 9.88. The summed E-state index contributed by atoms with van der Waals surface area (Å²) in [4.78, 5) is 20.0. The first-order valence-electron chi connectivity index (χ1n) is 12.6. The lowest BCUT2D eigenvalue weighted by Gasteiger charge is -2.36. The number of hydrogen-bond acceptors (Lipinski definition) is 4. The molecule has 1 aromatic heterocycles. The second-order valence-corrected chi connectivity index (χ2v) is 10.9. The van der Waals surface area contributed by atoms with Crippen LogP contribution in [0, 0.1) is 6.92 Å². The molecule has 1 fully saturated rings. The molecule has 0 radical (unpaired) electrons. The highest BCUT2D eigenvalue weighted by atomic mass is 16.5. The SMILES string of the molecule is COC1=C(C(=O)N(C)C2CCC(Nc3cc(C(C)(C)C)nc4ccc(C)cc34)CC2)C=CCC1. The first-order valence-corrected chi connectivity index (χ1v) is 12.6. The molecule has 1 saturated carbocycles. The molecule has 0 bridgehead atoms. The average Bonchev–Trinajstić information content (AvgIpc) is 2.83. The van der Waals surface area contributed by atoms with E-state index in [1.165, 1.54) is 16.6 Å². The number of carbonyl (C=O) groups excluding carboxylic acids is 1. The quantitative estimate of drug-likeness (QED) is 0.570. The van der Waals surface area contributed by atoms with Crippen LogP contribution in [0.15, 0.2) is 47.7 Å². The van der Waals surface area contributed by atoms with Gasteiger partial charge < -0.3 is 15.0 Å². The molecule has 1 N–H and O–H groups in total. The summed E-state index contributed by atoms with van der Waals surface area (Å²) in [5.41, 5.74) is 5.26. The third-order valence-electron chi connectivity index (χ3n) is 7.26. The number of anilines is 1. The Morgan fingerprint density at radius 2 is 1.88 bits per heavy atom. The first-order chi connectivity index (χ1) is 16.2. The molecular weight excluding hydrogens is 422 g/mol. The molecule has 5 heteroatoms. The molecule has 0 aliphatic heterocycles. The second-order valence-electron chi connectivity index (χ2n) is 10.9. The fraction of sp³-hybridized carbons (Fsp3) is 0.517. The fourth-order valence-corrected chi connectivity index (χ4v) is 5.07. The summed E-state index contributed by atoms with van der Waals surface area (Å²) >= 11 is 0. The van der Waals surface area contributed by atoms with E-state index in [0.717, 1.165) is 55.5 Å². The van der Waals surface area contributed by atoms with Gasteiger partial charge in [0.1, 0.15) is 5.76 Å². The number of carbonyl (C=O) groups is 1. The molecule has 0 unspecified atom stereocenters. The number of likely N-dealkylation sites (N-methyl/N-ethyl adjacent to an activating group) is 1. The van der Waals surface area contributed by atoms with E-state index in [1.807, 2.05) is 18.0 Å². The highest BCUT2D eigenvalue weighted by molar-refractivity contribution is 5.97. The number of methoxy groups -OCH3 is 1. The number of nitrogens with one attached hydrogen (secondary N) is 1. The summed E-state index contributed by atoms with van der Waals surface area (Å²) in [6.07, 6.45) is 9.79. The van der Waals surface area contributed by atoms with E-state index < -0.39 is 0 Å². The van der Waals surface area contributed by atoms with Gasteiger partial charge in [-0.25, -0.2) is 0 Å². The molecule has 0 spiro atoms. The molecule has 1 heterocycles. The normalized spacial score (nSPS) is 21.0. The van der Waals surface area contributed by atoms with E-state index >= 15 is 0 Å².